The van der Waals surface area contributed by atoms with Crippen molar-refractivity contribution in [3.05, 3.63) is 70.7 Å². The molecule has 24 heavy (non-hydrogen) atoms. The minimum Gasteiger partial charge on any atom is -0.393 e. The van der Waals surface area contributed by atoms with E-state index in [2.05, 4.69) is 36.5 Å². The smallest absolute Gasteiger partial charge is 0.159 e. The van der Waals surface area contributed by atoms with Gasteiger partial charge in [0.1, 0.15) is 17.8 Å². The van der Waals surface area contributed by atoms with Gasteiger partial charge in [0.05, 0.1) is 5.69 Å². The lowest BCUT2D eigenvalue weighted by Crippen LogP contribution is -2.08. The fraction of sp³-hybridized carbons (Fsp3) is 0.0588. The van der Waals surface area contributed by atoms with E-state index in [9.17, 15) is 4.39 Å². The molecular weight excluding hydrogens is 373 g/mol. The molecule has 1 heterocycles. The van der Waals surface area contributed by atoms with Crippen molar-refractivity contribution < 1.29 is 4.39 Å². The molecule has 0 aliphatic carbocycles. The summed E-state index contributed by atoms with van der Waals surface area (Å²) >= 11 is 3.47. The third-order valence-electron chi connectivity index (χ3n) is 3.38. The van der Waals surface area contributed by atoms with E-state index < -0.39 is 0 Å². The first-order valence-electron chi connectivity index (χ1n) is 7.24. The van der Waals surface area contributed by atoms with Crippen molar-refractivity contribution in [3.63, 3.8) is 0 Å². The van der Waals surface area contributed by atoms with Crippen molar-refractivity contribution in [1.29, 1.82) is 0 Å². The molecule has 3 rings (SSSR count). The molecule has 3 aromatic rings. The number of nitrogens with one attached hydrogen (secondary N) is 2. The second-order valence-corrected chi connectivity index (χ2v) is 5.92. The van der Waals surface area contributed by atoms with Crippen LogP contribution in [0.3, 0.4) is 0 Å². The molecule has 2 aromatic carbocycles. The highest BCUT2D eigenvalue weighted by atomic mass is 79.9. The zero-order valence-corrected chi connectivity index (χ0v) is 14.2. The van der Waals surface area contributed by atoms with Crippen LogP contribution in [0.25, 0.3) is 0 Å². The largest absolute Gasteiger partial charge is 0.393 e. The van der Waals surface area contributed by atoms with Crippen LogP contribution in [-0.4, -0.2) is 9.97 Å². The predicted octanol–water partition coefficient (Wildman–Crippen LogP) is 4.32. The highest BCUT2D eigenvalue weighted by molar-refractivity contribution is 9.10. The molecule has 1 aromatic heterocycles. The number of aromatic nitrogens is 2. The number of para-hydroxylation sites is 1. The average molecular weight is 388 g/mol. The van der Waals surface area contributed by atoms with Gasteiger partial charge in [-0.15, -0.1) is 0 Å². The number of hydrogen-bond acceptors (Lipinski definition) is 5. The van der Waals surface area contributed by atoms with Crippen molar-refractivity contribution in [1.82, 2.24) is 9.97 Å². The minimum absolute atomic E-state index is 0.264. The molecule has 0 saturated carbocycles. The van der Waals surface area contributed by atoms with Gasteiger partial charge in [0.25, 0.3) is 0 Å². The third kappa shape index (κ3) is 3.80. The number of nitrogens with two attached hydrogens (primary N) is 1. The van der Waals surface area contributed by atoms with Gasteiger partial charge in [-0.3, -0.25) is 0 Å². The Labute approximate surface area is 147 Å². The fourth-order valence-corrected chi connectivity index (χ4v) is 2.50. The van der Waals surface area contributed by atoms with Gasteiger partial charge >= 0.3 is 0 Å². The first kappa shape index (κ1) is 16.2. The molecule has 0 bridgehead atoms. The van der Waals surface area contributed by atoms with Crippen LogP contribution in [0.15, 0.2) is 59.3 Å². The van der Waals surface area contributed by atoms with Gasteiger partial charge in [-0.1, -0.05) is 24.3 Å². The Morgan fingerprint density at radius 1 is 1.00 bits per heavy atom. The van der Waals surface area contributed by atoms with Crippen molar-refractivity contribution >= 4 is 38.9 Å². The third-order valence-corrected chi connectivity index (χ3v) is 4.08. The summed E-state index contributed by atoms with van der Waals surface area (Å²) in [6.07, 6.45) is 1.43. The summed E-state index contributed by atoms with van der Waals surface area (Å²) in [5.41, 5.74) is 8.34. The highest BCUT2D eigenvalue weighted by Crippen LogP contribution is 2.29. The standard InChI is InChI=1S/C17H15BrFN5/c18-13-3-1-2-4-14(13)24-17-15(20)16(22-10-23-17)21-9-11-5-7-12(19)8-6-11/h1-8,10H,9,20H2,(H2,21,22,23,24). The van der Waals surface area contributed by atoms with Crippen LogP contribution in [0, 0.1) is 5.82 Å². The molecule has 0 aliphatic rings. The van der Waals surface area contributed by atoms with Crippen LogP contribution in [0.1, 0.15) is 5.56 Å². The van der Waals surface area contributed by atoms with Crippen molar-refractivity contribution in [2.45, 2.75) is 6.54 Å². The molecule has 0 amide bonds. The first-order valence-corrected chi connectivity index (χ1v) is 8.03. The SMILES string of the molecule is Nc1c(NCc2ccc(F)cc2)ncnc1Nc1ccccc1Br. The van der Waals surface area contributed by atoms with Gasteiger partial charge in [0.2, 0.25) is 0 Å². The molecule has 0 fully saturated rings. The zero-order valence-electron chi connectivity index (χ0n) is 12.6. The van der Waals surface area contributed by atoms with E-state index in [4.69, 9.17) is 5.73 Å². The summed E-state index contributed by atoms with van der Waals surface area (Å²) in [5.74, 6) is 0.766. The molecule has 0 spiro atoms. The number of hydrogen-bond donors (Lipinski definition) is 3. The molecule has 0 atom stereocenters. The van der Waals surface area contributed by atoms with E-state index in [-0.39, 0.29) is 5.82 Å². The lowest BCUT2D eigenvalue weighted by atomic mass is 10.2. The van der Waals surface area contributed by atoms with Crippen LogP contribution in [-0.2, 0) is 6.54 Å². The van der Waals surface area contributed by atoms with Gasteiger partial charge in [0, 0.05) is 11.0 Å². The molecule has 0 aliphatic heterocycles. The first-order chi connectivity index (χ1) is 11.6. The molecule has 0 unspecified atom stereocenters. The van der Waals surface area contributed by atoms with E-state index >= 15 is 0 Å². The number of rotatable bonds is 5. The monoisotopic (exact) mass is 387 g/mol. The summed E-state index contributed by atoms with van der Waals surface area (Å²) in [6, 6.07) is 13.9. The van der Waals surface area contributed by atoms with Crippen molar-refractivity contribution in [2.75, 3.05) is 16.4 Å². The lowest BCUT2D eigenvalue weighted by Gasteiger charge is -2.13. The Hall–Kier alpha value is -2.67. The van der Waals surface area contributed by atoms with E-state index in [0.717, 1.165) is 15.7 Å². The van der Waals surface area contributed by atoms with Crippen LogP contribution < -0.4 is 16.4 Å². The molecule has 122 valence electrons. The van der Waals surface area contributed by atoms with Gasteiger partial charge in [-0.2, -0.15) is 0 Å². The Morgan fingerprint density at radius 2 is 1.71 bits per heavy atom. The summed E-state index contributed by atoms with van der Waals surface area (Å²) in [7, 11) is 0. The van der Waals surface area contributed by atoms with Gasteiger partial charge in [-0.25, -0.2) is 14.4 Å². The second-order valence-electron chi connectivity index (χ2n) is 5.07. The molecular formula is C17H15BrFN5. The average Bonchev–Trinajstić information content (AvgIpc) is 2.59. The van der Waals surface area contributed by atoms with E-state index in [1.54, 1.807) is 12.1 Å². The summed E-state index contributed by atoms with van der Waals surface area (Å²) in [5, 5.41) is 6.31. The molecule has 5 nitrogen and oxygen atoms in total. The molecule has 0 radical (unpaired) electrons. The van der Waals surface area contributed by atoms with Crippen molar-refractivity contribution in [3.8, 4) is 0 Å². The Morgan fingerprint density at radius 3 is 2.46 bits per heavy atom. The maximum atomic E-state index is 12.9. The Balaban J connectivity index is 1.75. The van der Waals surface area contributed by atoms with Gasteiger partial charge in [-0.05, 0) is 45.8 Å². The zero-order chi connectivity index (χ0) is 16.9. The predicted molar refractivity (Wildman–Crippen MR) is 97.6 cm³/mol. The number of nitrogen functional groups attached to an aromatic ring is 1. The molecule has 4 N–H and O–H groups in total. The Kier molecular flexibility index (Phi) is 4.90. The van der Waals surface area contributed by atoms with E-state index in [1.165, 1.54) is 18.5 Å². The normalized spacial score (nSPS) is 10.4. The number of halogens is 2. The summed E-state index contributed by atoms with van der Waals surface area (Å²) in [4.78, 5) is 8.35. The highest BCUT2D eigenvalue weighted by Gasteiger charge is 2.09. The number of nitrogens with zero attached hydrogens (tertiary/aromatic N) is 2. The summed E-state index contributed by atoms with van der Waals surface area (Å²) < 4.78 is 13.8. The van der Waals surface area contributed by atoms with Crippen LogP contribution in [0.2, 0.25) is 0 Å². The van der Waals surface area contributed by atoms with Crippen LogP contribution in [0.4, 0.5) is 27.4 Å². The van der Waals surface area contributed by atoms with Crippen LogP contribution >= 0.6 is 15.9 Å². The maximum Gasteiger partial charge on any atom is 0.159 e. The number of benzene rings is 2. The van der Waals surface area contributed by atoms with Gasteiger partial charge in [0.15, 0.2) is 11.6 Å². The maximum absolute atomic E-state index is 12.9. The Bertz CT molecular complexity index is 839. The quantitative estimate of drug-likeness (QED) is 0.607. The van der Waals surface area contributed by atoms with E-state index in [1.807, 2.05) is 24.3 Å². The second kappa shape index (κ2) is 7.27. The molecule has 0 saturated heterocycles. The number of anilines is 4. The van der Waals surface area contributed by atoms with E-state index in [0.29, 0.717) is 23.9 Å². The minimum atomic E-state index is -0.264. The molecule has 7 heteroatoms. The topological polar surface area (TPSA) is 75.9 Å². The van der Waals surface area contributed by atoms with Crippen molar-refractivity contribution in [2.24, 2.45) is 0 Å². The summed E-state index contributed by atoms with van der Waals surface area (Å²) in [6.45, 7) is 0.482. The van der Waals surface area contributed by atoms with Crippen LogP contribution in [0.5, 0.6) is 0 Å². The lowest BCUT2D eigenvalue weighted by molar-refractivity contribution is 0.627. The van der Waals surface area contributed by atoms with Gasteiger partial charge < -0.3 is 16.4 Å². The fourth-order valence-electron chi connectivity index (χ4n) is 2.11.